The molecular formula is C12H19NOS. The molecule has 0 spiro atoms. The maximum absolute atomic E-state index is 11.5. The van der Waals surface area contributed by atoms with E-state index in [1.54, 1.807) is 5.51 Å². The molecule has 0 atom stereocenters. The van der Waals surface area contributed by atoms with Gasteiger partial charge in [-0.3, -0.25) is 4.79 Å². The minimum Gasteiger partial charge on any atom is -0.292 e. The first kappa shape index (κ1) is 12.4. The third kappa shape index (κ3) is 5.07. The highest BCUT2D eigenvalue weighted by Crippen LogP contribution is 2.10. The van der Waals surface area contributed by atoms with E-state index in [1.807, 2.05) is 5.38 Å². The lowest BCUT2D eigenvalue weighted by Crippen LogP contribution is -1.98. The van der Waals surface area contributed by atoms with Crippen LogP contribution in [0.3, 0.4) is 0 Å². The van der Waals surface area contributed by atoms with E-state index < -0.39 is 0 Å². The average Bonchev–Trinajstić information content (AvgIpc) is 2.76. The van der Waals surface area contributed by atoms with Crippen molar-refractivity contribution in [3.63, 3.8) is 0 Å². The summed E-state index contributed by atoms with van der Waals surface area (Å²) < 4.78 is 0. The van der Waals surface area contributed by atoms with Crippen LogP contribution < -0.4 is 0 Å². The van der Waals surface area contributed by atoms with Crippen molar-refractivity contribution < 1.29 is 4.79 Å². The molecule has 1 aromatic heterocycles. The Bertz CT molecular complexity index is 269. The van der Waals surface area contributed by atoms with Gasteiger partial charge in [0.25, 0.3) is 0 Å². The van der Waals surface area contributed by atoms with Crippen molar-refractivity contribution in [1.82, 2.24) is 4.98 Å². The van der Waals surface area contributed by atoms with Crippen molar-refractivity contribution >= 4 is 17.1 Å². The van der Waals surface area contributed by atoms with Gasteiger partial charge in [0.2, 0.25) is 0 Å². The van der Waals surface area contributed by atoms with Crippen molar-refractivity contribution in [1.29, 1.82) is 0 Å². The molecule has 0 aliphatic rings. The van der Waals surface area contributed by atoms with Crippen LogP contribution in [-0.2, 0) is 0 Å². The van der Waals surface area contributed by atoms with Crippen LogP contribution >= 0.6 is 11.3 Å². The zero-order valence-electron chi connectivity index (χ0n) is 9.37. The molecule has 0 N–H and O–H groups in total. The Morgan fingerprint density at radius 3 is 2.67 bits per heavy atom. The van der Waals surface area contributed by atoms with E-state index >= 15 is 0 Å². The van der Waals surface area contributed by atoms with Gasteiger partial charge in [-0.05, 0) is 6.42 Å². The fourth-order valence-corrected chi connectivity index (χ4v) is 2.10. The fraction of sp³-hybridized carbons (Fsp3) is 0.667. The molecule has 0 amide bonds. The predicted octanol–water partition coefficient (Wildman–Crippen LogP) is 4.08. The van der Waals surface area contributed by atoms with Gasteiger partial charge in [-0.1, -0.05) is 39.0 Å². The standard InChI is InChI=1S/C12H19NOS/c1-2-3-4-5-6-7-8-12(14)11-9-15-10-13-11/h9-10H,2-8H2,1H3. The van der Waals surface area contributed by atoms with Crippen LogP contribution in [0.5, 0.6) is 0 Å². The lowest BCUT2D eigenvalue weighted by molar-refractivity contribution is 0.0975. The zero-order chi connectivity index (χ0) is 10.9. The van der Waals surface area contributed by atoms with Crippen LogP contribution in [0.15, 0.2) is 10.9 Å². The fourth-order valence-electron chi connectivity index (χ4n) is 1.54. The molecule has 0 aromatic carbocycles. The highest BCUT2D eigenvalue weighted by Gasteiger charge is 2.06. The molecule has 0 unspecified atom stereocenters. The molecule has 1 aromatic rings. The summed E-state index contributed by atoms with van der Waals surface area (Å²) in [5.74, 6) is 0.201. The quantitative estimate of drug-likeness (QED) is 0.493. The second kappa shape index (κ2) is 7.57. The van der Waals surface area contributed by atoms with E-state index in [1.165, 1.54) is 43.4 Å². The molecule has 0 aliphatic carbocycles. The second-order valence-electron chi connectivity index (χ2n) is 3.81. The number of carbonyl (C=O) groups is 1. The number of hydrogen-bond acceptors (Lipinski definition) is 3. The summed E-state index contributed by atoms with van der Waals surface area (Å²) in [5, 5.41) is 1.83. The van der Waals surface area contributed by atoms with Gasteiger partial charge in [0.05, 0.1) is 5.51 Å². The summed E-state index contributed by atoms with van der Waals surface area (Å²) in [7, 11) is 0. The van der Waals surface area contributed by atoms with E-state index in [0.717, 1.165) is 6.42 Å². The van der Waals surface area contributed by atoms with Gasteiger partial charge in [0.15, 0.2) is 5.78 Å². The third-order valence-electron chi connectivity index (χ3n) is 2.48. The van der Waals surface area contributed by atoms with Crippen LogP contribution in [0, 0.1) is 0 Å². The molecule has 0 fully saturated rings. The lowest BCUT2D eigenvalue weighted by Gasteiger charge is -1.99. The number of unbranched alkanes of at least 4 members (excludes halogenated alkanes) is 5. The maximum atomic E-state index is 11.5. The highest BCUT2D eigenvalue weighted by molar-refractivity contribution is 7.07. The summed E-state index contributed by atoms with van der Waals surface area (Å²) in [4.78, 5) is 15.6. The topological polar surface area (TPSA) is 30.0 Å². The molecule has 0 aliphatic heterocycles. The van der Waals surface area contributed by atoms with Crippen molar-refractivity contribution in [3.05, 3.63) is 16.6 Å². The van der Waals surface area contributed by atoms with Crippen LogP contribution in [-0.4, -0.2) is 10.8 Å². The molecule has 0 bridgehead atoms. The van der Waals surface area contributed by atoms with Gasteiger partial charge in [-0.2, -0.15) is 0 Å². The Balaban J connectivity index is 2.03. The van der Waals surface area contributed by atoms with Crippen LogP contribution in [0.1, 0.15) is 62.4 Å². The highest BCUT2D eigenvalue weighted by atomic mass is 32.1. The Morgan fingerprint density at radius 1 is 1.27 bits per heavy atom. The minimum absolute atomic E-state index is 0.201. The van der Waals surface area contributed by atoms with E-state index in [4.69, 9.17) is 0 Å². The Kier molecular flexibility index (Phi) is 6.25. The number of carbonyl (C=O) groups excluding carboxylic acids is 1. The van der Waals surface area contributed by atoms with E-state index in [-0.39, 0.29) is 5.78 Å². The summed E-state index contributed by atoms with van der Waals surface area (Å²) in [5.41, 5.74) is 2.36. The zero-order valence-corrected chi connectivity index (χ0v) is 10.2. The van der Waals surface area contributed by atoms with E-state index in [9.17, 15) is 4.79 Å². The molecular weight excluding hydrogens is 206 g/mol. The molecule has 15 heavy (non-hydrogen) atoms. The summed E-state index contributed by atoms with van der Waals surface area (Å²) in [6, 6.07) is 0. The van der Waals surface area contributed by atoms with Crippen LogP contribution in [0.25, 0.3) is 0 Å². The van der Waals surface area contributed by atoms with Gasteiger partial charge >= 0.3 is 0 Å². The molecule has 3 heteroatoms. The number of ketones is 1. The SMILES string of the molecule is CCCCCCCCC(=O)c1cscn1. The smallest absolute Gasteiger partial charge is 0.182 e. The normalized spacial score (nSPS) is 10.5. The number of Topliss-reactive ketones (excluding diaryl/α,β-unsaturated/α-hetero) is 1. The van der Waals surface area contributed by atoms with Gasteiger partial charge in [-0.15, -0.1) is 11.3 Å². The Hall–Kier alpha value is -0.700. The van der Waals surface area contributed by atoms with Crippen molar-refractivity contribution in [2.45, 2.75) is 51.9 Å². The first-order valence-corrected chi connectivity index (χ1v) is 6.70. The maximum Gasteiger partial charge on any atom is 0.182 e. The third-order valence-corrected chi connectivity index (χ3v) is 3.06. The largest absolute Gasteiger partial charge is 0.292 e. The van der Waals surface area contributed by atoms with E-state index in [0.29, 0.717) is 12.1 Å². The van der Waals surface area contributed by atoms with Gasteiger partial charge in [-0.25, -0.2) is 4.98 Å². The van der Waals surface area contributed by atoms with Gasteiger partial charge in [0, 0.05) is 11.8 Å². The van der Waals surface area contributed by atoms with Crippen molar-refractivity contribution in [2.24, 2.45) is 0 Å². The minimum atomic E-state index is 0.201. The number of rotatable bonds is 8. The monoisotopic (exact) mass is 225 g/mol. The molecule has 2 nitrogen and oxygen atoms in total. The number of thiazole rings is 1. The molecule has 1 rings (SSSR count). The average molecular weight is 225 g/mol. The Labute approximate surface area is 95.7 Å². The van der Waals surface area contributed by atoms with Crippen LogP contribution in [0.2, 0.25) is 0 Å². The second-order valence-corrected chi connectivity index (χ2v) is 4.53. The first-order chi connectivity index (χ1) is 7.34. The lowest BCUT2D eigenvalue weighted by atomic mass is 10.1. The number of hydrogen-bond donors (Lipinski definition) is 0. The number of aromatic nitrogens is 1. The molecule has 0 saturated heterocycles. The first-order valence-electron chi connectivity index (χ1n) is 5.76. The molecule has 1 heterocycles. The van der Waals surface area contributed by atoms with E-state index in [2.05, 4.69) is 11.9 Å². The predicted molar refractivity (Wildman–Crippen MR) is 64.4 cm³/mol. The molecule has 0 radical (unpaired) electrons. The summed E-state index contributed by atoms with van der Waals surface area (Å²) in [6.07, 6.45) is 8.02. The Morgan fingerprint density at radius 2 is 2.00 bits per heavy atom. The molecule has 84 valence electrons. The van der Waals surface area contributed by atoms with Crippen molar-refractivity contribution in [3.8, 4) is 0 Å². The number of nitrogens with zero attached hydrogens (tertiary/aromatic N) is 1. The van der Waals surface area contributed by atoms with Gasteiger partial charge in [0.1, 0.15) is 5.69 Å². The summed E-state index contributed by atoms with van der Waals surface area (Å²) >= 11 is 1.49. The summed E-state index contributed by atoms with van der Waals surface area (Å²) in [6.45, 7) is 2.21. The molecule has 0 saturated carbocycles. The van der Waals surface area contributed by atoms with Crippen LogP contribution in [0.4, 0.5) is 0 Å². The van der Waals surface area contributed by atoms with Gasteiger partial charge < -0.3 is 0 Å². The van der Waals surface area contributed by atoms with Crippen molar-refractivity contribution in [2.75, 3.05) is 0 Å².